The van der Waals surface area contributed by atoms with Crippen LogP contribution in [0.4, 0.5) is 5.69 Å². The molecule has 3 rings (SSSR count). The first-order valence-electron chi connectivity index (χ1n) is 8.28. The molecule has 4 nitrogen and oxygen atoms in total. The van der Waals surface area contributed by atoms with Crippen LogP contribution in [-0.4, -0.2) is 11.0 Å². The largest absolute Gasteiger partial charge is 0.351 e. The van der Waals surface area contributed by atoms with E-state index < -0.39 is 0 Å². The number of carbonyl (C=O) groups is 1. The van der Waals surface area contributed by atoms with Gasteiger partial charge in [0.05, 0.1) is 11.6 Å². The van der Waals surface area contributed by atoms with Gasteiger partial charge in [0, 0.05) is 16.4 Å². The maximum atomic E-state index is 13.1. The molecular formula is C20H20ClN3OS. The zero-order valence-corrected chi connectivity index (χ0v) is 16.4. The quantitative estimate of drug-likeness (QED) is 0.686. The molecule has 0 aromatic heterocycles. The van der Waals surface area contributed by atoms with E-state index in [1.54, 1.807) is 6.07 Å². The Hall–Kier alpha value is -2.37. The van der Waals surface area contributed by atoms with E-state index in [-0.39, 0.29) is 11.9 Å². The molecule has 1 amide bonds. The van der Waals surface area contributed by atoms with Crippen molar-refractivity contribution in [1.82, 2.24) is 10.6 Å². The molecule has 1 aliphatic heterocycles. The molecule has 2 aromatic carbocycles. The number of thiocarbonyl (C=S) groups is 1. The minimum atomic E-state index is -0.315. The Balaban J connectivity index is 2.00. The van der Waals surface area contributed by atoms with E-state index in [2.05, 4.69) is 16.0 Å². The molecule has 0 saturated carbocycles. The summed E-state index contributed by atoms with van der Waals surface area (Å²) < 4.78 is 0. The summed E-state index contributed by atoms with van der Waals surface area (Å²) in [6.45, 7) is 5.76. The van der Waals surface area contributed by atoms with Crippen molar-refractivity contribution in [2.45, 2.75) is 26.8 Å². The standard InChI is InChI=1S/C20H20ClN3OS/c1-11-7-4-5-8-14(11)18-17(13(3)22-20(26)24-18)19(25)23-16-10-6-9-15(21)12(16)2/h4-10,18H,1-3H3,(H,23,25)(H2,22,24,26). The van der Waals surface area contributed by atoms with Gasteiger partial charge in [-0.05, 0) is 61.8 Å². The van der Waals surface area contributed by atoms with Gasteiger partial charge in [0.2, 0.25) is 0 Å². The zero-order valence-electron chi connectivity index (χ0n) is 14.8. The second-order valence-electron chi connectivity index (χ2n) is 6.29. The molecule has 3 N–H and O–H groups in total. The summed E-state index contributed by atoms with van der Waals surface area (Å²) in [6, 6.07) is 13.1. The Bertz CT molecular complexity index is 923. The number of nitrogens with one attached hydrogen (secondary N) is 3. The van der Waals surface area contributed by atoms with Crippen LogP contribution in [0.25, 0.3) is 0 Å². The number of benzene rings is 2. The third kappa shape index (κ3) is 3.59. The maximum Gasteiger partial charge on any atom is 0.255 e. The molecule has 0 spiro atoms. The first-order valence-corrected chi connectivity index (χ1v) is 9.07. The highest BCUT2D eigenvalue weighted by molar-refractivity contribution is 7.80. The molecule has 0 aliphatic carbocycles. The van der Waals surface area contributed by atoms with E-state index in [4.69, 9.17) is 23.8 Å². The van der Waals surface area contributed by atoms with Gasteiger partial charge in [-0.25, -0.2) is 0 Å². The molecule has 0 radical (unpaired) electrons. The summed E-state index contributed by atoms with van der Waals surface area (Å²) in [4.78, 5) is 13.1. The van der Waals surface area contributed by atoms with Crippen LogP contribution in [0.1, 0.15) is 29.7 Å². The number of aryl methyl sites for hydroxylation is 1. The van der Waals surface area contributed by atoms with Gasteiger partial charge < -0.3 is 16.0 Å². The van der Waals surface area contributed by atoms with E-state index in [1.165, 1.54) is 0 Å². The third-order valence-corrected chi connectivity index (χ3v) is 5.16. The fourth-order valence-corrected chi connectivity index (χ4v) is 3.52. The predicted octanol–water partition coefficient (Wildman–Crippen LogP) is 4.39. The van der Waals surface area contributed by atoms with Crippen LogP contribution in [0.15, 0.2) is 53.7 Å². The van der Waals surface area contributed by atoms with E-state index in [0.29, 0.717) is 21.4 Å². The van der Waals surface area contributed by atoms with E-state index in [9.17, 15) is 4.79 Å². The third-order valence-electron chi connectivity index (χ3n) is 4.53. The topological polar surface area (TPSA) is 53.2 Å². The Kier molecular flexibility index (Phi) is 5.30. The van der Waals surface area contributed by atoms with Crippen LogP contribution in [0.5, 0.6) is 0 Å². The molecule has 1 aliphatic rings. The van der Waals surface area contributed by atoms with E-state index in [1.807, 2.05) is 57.2 Å². The van der Waals surface area contributed by atoms with Crippen LogP contribution >= 0.6 is 23.8 Å². The molecular weight excluding hydrogens is 366 g/mol. The van der Waals surface area contributed by atoms with E-state index in [0.717, 1.165) is 22.4 Å². The first-order chi connectivity index (χ1) is 12.4. The fraction of sp³-hybridized carbons (Fsp3) is 0.200. The lowest BCUT2D eigenvalue weighted by atomic mass is 9.92. The minimum absolute atomic E-state index is 0.191. The molecule has 26 heavy (non-hydrogen) atoms. The molecule has 0 fully saturated rings. The van der Waals surface area contributed by atoms with Crippen molar-refractivity contribution in [3.8, 4) is 0 Å². The number of carbonyl (C=O) groups excluding carboxylic acids is 1. The number of amides is 1. The lowest BCUT2D eigenvalue weighted by molar-refractivity contribution is -0.113. The van der Waals surface area contributed by atoms with Crippen molar-refractivity contribution in [1.29, 1.82) is 0 Å². The van der Waals surface area contributed by atoms with Crippen LogP contribution in [0.2, 0.25) is 5.02 Å². The van der Waals surface area contributed by atoms with Crippen molar-refractivity contribution in [2.75, 3.05) is 5.32 Å². The minimum Gasteiger partial charge on any atom is -0.351 e. The Morgan fingerprint density at radius 3 is 2.58 bits per heavy atom. The van der Waals surface area contributed by atoms with E-state index >= 15 is 0 Å². The van der Waals surface area contributed by atoms with Crippen molar-refractivity contribution >= 4 is 40.5 Å². The van der Waals surface area contributed by atoms with Crippen LogP contribution < -0.4 is 16.0 Å². The SMILES string of the molecule is CC1=C(C(=O)Nc2cccc(Cl)c2C)C(c2ccccc2C)NC(=S)N1. The van der Waals surface area contributed by atoms with Gasteiger partial charge in [-0.2, -0.15) is 0 Å². The highest BCUT2D eigenvalue weighted by Gasteiger charge is 2.30. The number of hydrogen-bond donors (Lipinski definition) is 3. The summed E-state index contributed by atoms with van der Waals surface area (Å²) in [6.07, 6.45) is 0. The van der Waals surface area contributed by atoms with Gasteiger partial charge in [-0.3, -0.25) is 4.79 Å². The number of halogens is 1. The van der Waals surface area contributed by atoms with Crippen molar-refractivity contribution in [3.05, 3.63) is 75.4 Å². The second kappa shape index (κ2) is 7.48. The van der Waals surface area contributed by atoms with Crippen LogP contribution in [0.3, 0.4) is 0 Å². The van der Waals surface area contributed by atoms with Gasteiger partial charge in [0.15, 0.2) is 5.11 Å². The molecule has 2 aromatic rings. The first kappa shape index (κ1) is 18.4. The lowest BCUT2D eigenvalue weighted by Gasteiger charge is -2.31. The maximum absolute atomic E-state index is 13.1. The van der Waals surface area contributed by atoms with Crippen molar-refractivity contribution in [3.63, 3.8) is 0 Å². The van der Waals surface area contributed by atoms with Crippen molar-refractivity contribution in [2.24, 2.45) is 0 Å². The van der Waals surface area contributed by atoms with Crippen molar-refractivity contribution < 1.29 is 4.79 Å². The Labute approximate surface area is 163 Å². The second-order valence-corrected chi connectivity index (χ2v) is 7.11. The summed E-state index contributed by atoms with van der Waals surface area (Å²) >= 11 is 11.5. The Morgan fingerprint density at radius 1 is 1.12 bits per heavy atom. The molecule has 0 bridgehead atoms. The molecule has 1 atom stereocenters. The molecule has 1 unspecified atom stereocenters. The lowest BCUT2D eigenvalue weighted by Crippen LogP contribution is -2.46. The predicted molar refractivity (Wildman–Crippen MR) is 110 cm³/mol. The molecule has 6 heteroatoms. The average Bonchev–Trinajstić information content (AvgIpc) is 2.58. The molecule has 134 valence electrons. The molecule has 1 heterocycles. The van der Waals surface area contributed by atoms with Gasteiger partial charge in [-0.1, -0.05) is 41.9 Å². The number of rotatable bonds is 3. The smallest absolute Gasteiger partial charge is 0.255 e. The zero-order chi connectivity index (χ0) is 18.8. The summed E-state index contributed by atoms with van der Waals surface area (Å²) in [5, 5.41) is 10.4. The monoisotopic (exact) mass is 385 g/mol. The fourth-order valence-electron chi connectivity index (χ4n) is 3.07. The normalized spacial score (nSPS) is 16.8. The summed E-state index contributed by atoms with van der Waals surface area (Å²) in [5.74, 6) is -0.191. The molecule has 0 saturated heterocycles. The van der Waals surface area contributed by atoms with Gasteiger partial charge >= 0.3 is 0 Å². The van der Waals surface area contributed by atoms with Crippen LogP contribution in [0, 0.1) is 13.8 Å². The average molecular weight is 386 g/mol. The highest BCUT2D eigenvalue weighted by atomic mass is 35.5. The number of anilines is 1. The number of hydrogen-bond acceptors (Lipinski definition) is 2. The van der Waals surface area contributed by atoms with Gasteiger partial charge in [-0.15, -0.1) is 0 Å². The summed E-state index contributed by atoms with van der Waals surface area (Å²) in [5.41, 5.74) is 4.97. The summed E-state index contributed by atoms with van der Waals surface area (Å²) in [7, 11) is 0. The van der Waals surface area contributed by atoms with Gasteiger partial charge in [0.25, 0.3) is 5.91 Å². The van der Waals surface area contributed by atoms with Crippen LogP contribution in [-0.2, 0) is 4.79 Å². The highest BCUT2D eigenvalue weighted by Crippen LogP contribution is 2.30. The number of allylic oxidation sites excluding steroid dienone is 1. The Morgan fingerprint density at radius 2 is 1.85 bits per heavy atom. The van der Waals surface area contributed by atoms with Gasteiger partial charge in [0.1, 0.15) is 0 Å².